The molecule has 1 saturated heterocycles. The smallest absolute Gasteiger partial charge is 0.243 e. The number of primary amides is 1. The quantitative estimate of drug-likeness (QED) is 0.110. The van der Waals surface area contributed by atoms with E-state index < -0.39 is 66.2 Å². The van der Waals surface area contributed by atoms with Crippen LogP contribution in [0.15, 0.2) is 60.7 Å². The molecule has 0 bridgehead atoms. The molecule has 0 aromatic heterocycles. The van der Waals surface area contributed by atoms with Crippen LogP contribution >= 0.6 is 11.8 Å². The number of thioether (sulfide) groups is 1. The zero-order valence-electron chi connectivity index (χ0n) is 29.4. The molecule has 6 amide bonds. The van der Waals surface area contributed by atoms with Gasteiger partial charge >= 0.3 is 0 Å². The number of hydrogen-bond acceptors (Lipinski definition) is 8. The van der Waals surface area contributed by atoms with Crippen LogP contribution in [-0.4, -0.2) is 83.9 Å². The Bertz CT molecular complexity index is 1510. The normalized spacial score (nSPS) is 16.2. The molecule has 0 radical (unpaired) electrons. The number of nitrogens with one attached hydrogen (secondary N) is 5. The number of amides is 6. The second-order valence-corrected chi connectivity index (χ2v) is 14.2. The van der Waals surface area contributed by atoms with E-state index in [1.807, 2.05) is 80.8 Å². The van der Waals surface area contributed by atoms with E-state index >= 15 is 0 Å². The molecule has 1 aliphatic rings. The summed E-state index contributed by atoms with van der Waals surface area (Å²) in [7, 11) is 0. The number of ketones is 1. The zero-order valence-corrected chi connectivity index (χ0v) is 30.3. The summed E-state index contributed by atoms with van der Waals surface area (Å²) in [6, 6.07) is 14.7. The van der Waals surface area contributed by atoms with E-state index in [1.165, 1.54) is 11.8 Å². The molecule has 1 aliphatic heterocycles. The van der Waals surface area contributed by atoms with E-state index in [9.17, 15) is 33.6 Å². The van der Waals surface area contributed by atoms with Crippen molar-refractivity contribution in [1.29, 1.82) is 0 Å². The Morgan fingerprint density at radius 1 is 0.843 bits per heavy atom. The highest BCUT2D eigenvalue weighted by molar-refractivity contribution is 7.98. The van der Waals surface area contributed by atoms with Gasteiger partial charge in [0.05, 0.1) is 12.6 Å². The lowest BCUT2D eigenvalue weighted by molar-refractivity contribution is -0.134. The number of Topliss-reactive ketones (excluding diaryl/α,β-unsaturated/α-hetero) is 1. The lowest BCUT2D eigenvalue weighted by Crippen LogP contribution is -2.54. The summed E-state index contributed by atoms with van der Waals surface area (Å²) < 4.78 is 0. The fourth-order valence-corrected chi connectivity index (χ4v) is 6.24. The highest BCUT2D eigenvalue weighted by Gasteiger charge is 2.33. The average Bonchev–Trinajstić information content (AvgIpc) is 3.54. The van der Waals surface area contributed by atoms with Crippen molar-refractivity contribution in [2.75, 3.05) is 18.6 Å². The highest BCUT2D eigenvalue weighted by Crippen LogP contribution is 2.17. The van der Waals surface area contributed by atoms with Gasteiger partial charge in [0.25, 0.3) is 0 Å². The minimum atomic E-state index is -0.973. The van der Waals surface area contributed by atoms with Gasteiger partial charge < -0.3 is 32.3 Å². The summed E-state index contributed by atoms with van der Waals surface area (Å²) in [6.07, 6.45) is 3.17. The largest absolute Gasteiger partial charge is 0.368 e. The van der Waals surface area contributed by atoms with E-state index in [-0.39, 0.29) is 49.7 Å². The molecule has 0 saturated carbocycles. The van der Waals surface area contributed by atoms with Crippen LogP contribution in [0.5, 0.6) is 0 Å². The molecule has 13 nitrogen and oxygen atoms in total. The first-order valence-corrected chi connectivity index (χ1v) is 18.6. The molecule has 1 heterocycles. The Morgan fingerprint density at radius 3 is 2.02 bits per heavy atom. The fourth-order valence-electron chi connectivity index (χ4n) is 5.77. The third-order valence-corrected chi connectivity index (χ3v) is 9.14. The molecule has 276 valence electrons. The lowest BCUT2D eigenvalue weighted by Gasteiger charge is -2.24. The Labute approximate surface area is 303 Å². The van der Waals surface area contributed by atoms with E-state index in [4.69, 9.17) is 5.73 Å². The first kappa shape index (κ1) is 40.7. The standard InChI is InChI=1S/C37H50N6O7S/c1-23(2)18-30(37(50)42-27(34(38)47)16-17-51-3)41-33(46)22-39-35(48)26(19-24-10-6-4-7-11-24)21-31(44)29(20-25-12-8-5-9-13-25)43-36(49)28-14-15-32(45)40-28/h4-13,23,26-30H,14-22H2,1-3H3,(H2,38,47)(H,39,48)(H,40,45)(H,41,46)(H,42,50)(H,43,49)/t26-,27+,28-,29+,30+/m1/s1. The second-order valence-electron chi connectivity index (χ2n) is 13.2. The van der Waals surface area contributed by atoms with E-state index in [0.29, 0.717) is 18.6 Å². The van der Waals surface area contributed by atoms with Crippen LogP contribution in [0.25, 0.3) is 0 Å². The Kier molecular flexibility index (Phi) is 16.6. The first-order valence-electron chi connectivity index (χ1n) is 17.2. The molecule has 0 spiro atoms. The molecule has 1 fully saturated rings. The number of carbonyl (C=O) groups excluding carboxylic acids is 7. The molecular weight excluding hydrogens is 673 g/mol. The molecule has 2 aromatic carbocycles. The van der Waals surface area contributed by atoms with Crippen LogP contribution < -0.4 is 32.3 Å². The van der Waals surface area contributed by atoms with Crippen molar-refractivity contribution >= 4 is 53.0 Å². The number of rotatable bonds is 21. The Balaban J connectivity index is 1.73. The van der Waals surface area contributed by atoms with Gasteiger partial charge in [-0.05, 0) is 61.2 Å². The Hall–Kier alpha value is -4.72. The van der Waals surface area contributed by atoms with E-state index in [1.54, 1.807) is 0 Å². The van der Waals surface area contributed by atoms with Gasteiger partial charge in [-0.15, -0.1) is 0 Å². The van der Waals surface area contributed by atoms with Crippen LogP contribution in [0.2, 0.25) is 0 Å². The predicted molar refractivity (Wildman–Crippen MR) is 195 cm³/mol. The van der Waals surface area contributed by atoms with Crippen LogP contribution in [-0.2, 0) is 46.4 Å². The number of nitrogens with two attached hydrogens (primary N) is 1. The average molecular weight is 723 g/mol. The maximum Gasteiger partial charge on any atom is 0.243 e. The maximum absolute atomic E-state index is 13.9. The minimum Gasteiger partial charge on any atom is -0.368 e. The topological polar surface area (TPSA) is 206 Å². The molecule has 0 unspecified atom stereocenters. The van der Waals surface area contributed by atoms with Gasteiger partial charge in [0.15, 0.2) is 5.78 Å². The van der Waals surface area contributed by atoms with Crippen molar-refractivity contribution in [3.05, 3.63) is 71.8 Å². The van der Waals surface area contributed by atoms with Crippen LogP contribution in [0.3, 0.4) is 0 Å². The first-order chi connectivity index (χ1) is 24.4. The fraction of sp³-hybridized carbons (Fsp3) is 0.486. The van der Waals surface area contributed by atoms with Crippen molar-refractivity contribution < 1.29 is 33.6 Å². The third kappa shape index (κ3) is 14.2. The minimum absolute atomic E-state index is 0.0180. The Morgan fingerprint density at radius 2 is 1.47 bits per heavy atom. The van der Waals surface area contributed by atoms with Crippen molar-refractivity contribution in [2.45, 2.75) is 83.0 Å². The van der Waals surface area contributed by atoms with Gasteiger partial charge in [-0.1, -0.05) is 74.5 Å². The molecule has 5 atom stereocenters. The lowest BCUT2D eigenvalue weighted by atomic mass is 9.89. The monoisotopic (exact) mass is 722 g/mol. The molecule has 7 N–H and O–H groups in total. The van der Waals surface area contributed by atoms with Crippen LogP contribution in [0.1, 0.15) is 57.1 Å². The number of hydrogen-bond donors (Lipinski definition) is 6. The molecule has 2 aromatic rings. The number of benzene rings is 2. The molecule has 51 heavy (non-hydrogen) atoms. The van der Waals surface area contributed by atoms with Gasteiger partial charge in [-0.25, -0.2) is 0 Å². The van der Waals surface area contributed by atoms with E-state index in [0.717, 1.165) is 11.1 Å². The molecule has 14 heteroatoms. The third-order valence-electron chi connectivity index (χ3n) is 8.50. The van der Waals surface area contributed by atoms with Gasteiger partial charge in [0.1, 0.15) is 18.1 Å². The molecule has 3 rings (SSSR count). The summed E-state index contributed by atoms with van der Waals surface area (Å²) in [4.78, 5) is 90.5. The summed E-state index contributed by atoms with van der Waals surface area (Å²) >= 11 is 1.51. The van der Waals surface area contributed by atoms with Crippen LogP contribution in [0.4, 0.5) is 0 Å². The van der Waals surface area contributed by atoms with Crippen molar-refractivity contribution in [3.63, 3.8) is 0 Å². The van der Waals surface area contributed by atoms with Crippen molar-refractivity contribution in [1.82, 2.24) is 26.6 Å². The SMILES string of the molecule is CSCC[C@H](NC(=O)[C@H](CC(C)C)NC(=O)CNC(=O)[C@@H](CC(=O)[C@H](Cc1ccccc1)NC(=O)[C@H]1CCC(=O)N1)Cc1ccccc1)C(N)=O. The van der Waals surface area contributed by atoms with E-state index in [2.05, 4.69) is 26.6 Å². The maximum atomic E-state index is 13.9. The number of carbonyl (C=O) groups is 7. The molecule has 0 aliphatic carbocycles. The van der Waals surface area contributed by atoms with Gasteiger partial charge in [0.2, 0.25) is 35.4 Å². The summed E-state index contributed by atoms with van der Waals surface area (Å²) in [5.41, 5.74) is 7.09. The van der Waals surface area contributed by atoms with Crippen molar-refractivity contribution in [2.24, 2.45) is 17.6 Å². The summed E-state index contributed by atoms with van der Waals surface area (Å²) in [5, 5.41) is 13.3. The molecular formula is C37H50N6O7S. The summed E-state index contributed by atoms with van der Waals surface area (Å²) in [6.45, 7) is 3.31. The second kappa shape index (κ2) is 20.8. The summed E-state index contributed by atoms with van der Waals surface area (Å²) in [5.74, 6) is -3.75. The van der Waals surface area contributed by atoms with Gasteiger partial charge in [-0.2, -0.15) is 11.8 Å². The van der Waals surface area contributed by atoms with Crippen molar-refractivity contribution in [3.8, 4) is 0 Å². The van der Waals surface area contributed by atoms with Crippen LogP contribution in [0, 0.1) is 11.8 Å². The van der Waals surface area contributed by atoms with Gasteiger partial charge in [-0.3, -0.25) is 33.6 Å². The predicted octanol–water partition coefficient (Wildman–Crippen LogP) is 1.18. The zero-order chi connectivity index (χ0) is 37.3. The highest BCUT2D eigenvalue weighted by atomic mass is 32.2. The van der Waals surface area contributed by atoms with Gasteiger partial charge in [0, 0.05) is 18.8 Å².